The summed E-state index contributed by atoms with van der Waals surface area (Å²) in [6, 6.07) is 9.04. The smallest absolute Gasteiger partial charge is 0.125 e. The second-order valence-corrected chi connectivity index (χ2v) is 6.26. The second kappa shape index (κ2) is 4.80. The van der Waals surface area contributed by atoms with Gasteiger partial charge in [0.25, 0.3) is 0 Å². The van der Waals surface area contributed by atoms with Crippen molar-refractivity contribution in [2.75, 3.05) is 13.2 Å². The third-order valence-corrected chi connectivity index (χ3v) is 4.40. The zero-order valence-corrected chi connectivity index (χ0v) is 12.0. The van der Waals surface area contributed by atoms with Gasteiger partial charge in [-0.1, -0.05) is 18.2 Å². The zero-order valence-electron chi connectivity index (χ0n) is 12.0. The van der Waals surface area contributed by atoms with E-state index in [2.05, 4.69) is 44.3 Å². The number of para-hydroxylation sites is 1. The van der Waals surface area contributed by atoms with Gasteiger partial charge in [0.05, 0.1) is 12.6 Å². The second-order valence-electron chi connectivity index (χ2n) is 6.26. The third-order valence-electron chi connectivity index (χ3n) is 4.40. The summed E-state index contributed by atoms with van der Waals surface area (Å²) in [5.41, 5.74) is 1.08. The first kappa shape index (κ1) is 12.9. The van der Waals surface area contributed by atoms with Crippen molar-refractivity contribution in [3.63, 3.8) is 0 Å². The van der Waals surface area contributed by atoms with Crippen LogP contribution in [-0.2, 0) is 4.74 Å². The van der Waals surface area contributed by atoms with Crippen molar-refractivity contribution >= 4 is 0 Å². The normalized spacial score (nSPS) is 29.8. The highest BCUT2D eigenvalue weighted by Gasteiger charge is 2.42. The molecule has 0 radical (unpaired) electrons. The third kappa shape index (κ3) is 2.37. The highest BCUT2D eigenvalue weighted by molar-refractivity contribution is 5.42. The maximum absolute atomic E-state index is 6.08. The van der Waals surface area contributed by atoms with E-state index in [-0.39, 0.29) is 11.6 Å². The summed E-state index contributed by atoms with van der Waals surface area (Å²) >= 11 is 0. The Kier molecular flexibility index (Phi) is 3.27. The van der Waals surface area contributed by atoms with Gasteiger partial charge >= 0.3 is 0 Å². The van der Waals surface area contributed by atoms with Crippen LogP contribution in [0.25, 0.3) is 0 Å². The van der Waals surface area contributed by atoms with E-state index in [1.807, 2.05) is 6.07 Å². The quantitative estimate of drug-likeness (QED) is 0.907. The van der Waals surface area contributed by atoms with Crippen molar-refractivity contribution in [1.82, 2.24) is 5.32 Å². The Labute approximate surface area is 115 Å². The van der Waals surface area contributed by atoms with Gasteiger partial charge in [-0.3, -0.25) is 0 Å². The molecule has 2 aliphatic rings. The Morgan fingerprint density at radius 3 is 2.84 bits per heavy atom. The van der Waals surface area contributed by atoms with Crippen molar-refractivity contribution in [2.45, 2.75) is 44.9 Å². The Morgan fingerprint density at radius 1 is 1.32 bits per heavy atom. The van der Waals surface area contributed by atoms with E-state index in [1.54, 1.807) is 0 Å². The maximum Gasteiger partial charge on any atom is 0.125 e. The minimum atomic E-state index is -0.197. The van der Waals surface area contributed by atoms with Crippen LogP contribution in [0.2, 0.25) is 0 Å². The number of nitrogens with one attached hydrogen (secondary N) is 1. The molecule has 1 aromatic rings. The van der Waals surface area contributed by atoms with Gasteiger partial charge in [0.1, 0.15) is 11.4 Å². The summed E-state index contributed by atoms with van der Waals surface area (Å²) < 4.78 is 11.6. The van der Waals surface area contributed by atoms with E-state index in [0.717, 1.165) is 25.4 Å². The molecule has 0 amide bonds. The lowest BCUT2D eigenvalue weighted by Crippen LogP contribution is -2.45. The van der Waals surface area contributed by atoms with E-state index < -0.39 is 0 Å². The van der Waals surface area contributed by atoms with Crippen LogP contribution in [0.15, 0.2) is 24.3 Å². The largest absolute Gasteiger partial charge is 0.486 e. The molecule has 1 aromatic carbocycles. The van der Waals surface area contributed by atoms with E-state index in [4.69, 9.17) is 9.47 Å². The highest BCUT2D eigenvalue weighted by atomic mass is 16.5. The number of hydrogen-bond donors (Lipinski definition) is 1. The summed E-state index contributed by atoms with van der Waals surface area (Å²) in [7, 11) is 0. The van der Waals surface area contributed by atoms with Crippen molar-refractivity contribution < 1.29 is 9.47 Å². The monoisotopic (exact) mass is 261 g/mol. The molecule has 19 heavy (non-hydrogen) atoms. The molecule has 0 spiro atoms. The van der Waals surface area contributed by atoms with Gasteiger partial charge in [0.2, 0.25) is 0 Å². The predicted molar refractivity (Wildman–Crippen MR) is 75.4 cm³/mol. The summed E-state index contributed by atoms with van der Waals surface area (Å²) in [5, 5.41) is 3.76. The Balaban J connectivity index is 1.78. The van der Waals surface area contributed by atoms with Crippen LogP contribution in [0.5, 0.6) is 5.75 Å². The van der Waals surface area contributed by atoms with Gasteiger partial charge in [-0.15, -0.1) is 0 Å². The zero-order chi connectivity index (χ0) is 13.5. The van der Waals surface area contributed by atoms with E-state index >= 15 is 0 Å². The summed E-state index contributed by atoms with van der Waals surface area (Å²) in [6.07, 6.45) is 1.16. The topological polar surface area (TPSA) is 30.5 Å². The van der Waals surface area contributed by atoms with Gasteiger partial charge in [-0.2, -0.15) is 0 Å². The molecule has 0 bridgehead atoms. The molecule has 2 heterocycles. The fraction of sp³-hybridized carbons (Fsp3) is 0.625. The molecule has 3 rings (SSSR count). The van der Waals surface area contributed by atoms with Gasteiger partial charge in [0, 0.05) is 18.2 Å². The lowest BCUT2D eigenvalue weighted by atomic mass is 9.91. The first-order chi connectivity index (χ1) is 9.08. The van der Waals surface area contributed by atoms with Crippen molar-refractivity contribution in [2.24, 2.45) is 5.92 Å². The van der Waals surface area contributed by atoms with Crippen LogP contribution in [0, 0.1) is 5.92 Å². The standard InChI is InChI=1S/C16H23NO2/c1-11(12-8-9-18-10-12)17-15-13-6-4-5-7-14(13)19-16(15,2)3/h4-7,11-12,15,17H,8-10H2,1-3H3. The Hall–Kier alpha value is -1.06. The number of rotatable bonds is 3. The summed E-state index contributed by atoms with van der Waals surface area (Å²) in [6.45, 7) is 8.35. The molecule has 3 unspecified atom stereocenters. The SMILES string of the molecule is CC(NC1c2ccccc2OC1(C)C)C1CCOC1. The molecule has 1 fully saturated rings. The first-order valence-electron chi connectivity index (χ1n) is 7.19. The minimum Gasteiger partial charge on any atom is -0.486 e. The van der Waals surface area contributed by atoms with Crippen molar-refractivity contribution in [3.05, 3.63) is 29.8 Å². The predicted octanol–water partition coefficient (Wildman–Crippen LogP) is 2.91. The van der Waals surface area contributed by atoms with Gasteiger partial charge < -0.3 is 14.8 Å². The molecule has 0 saturated carbocycles. The van der Waals surface area contributed by atoms with Crippen molar-refractivity contribution in [1.29, 1.82) is 0 Å². The van der Waals surface area contributed by atoms with E-state index in [9.17, 15) is 0 Å². The molecule has 3 nitrogen and oxygen atoms in total. The molecule has 0 aromatic heterocycles. The van der Waals surface area contributed by atoms with Crippen LogP contribution in [0.3, 0.4) is 0 Å². The van der Waals surface area contributed by atoms with Crippen LogP contribution >= 0.6 is 0 Å². The Bertz CT molecular complexity index is 452. The molecule has 0 aliphatic carbocycles. The lowest BCUT2D eigenvalue weighted by Gasteiger charge is -2.31. The van der Waals surface area contributed by atoms with Gasteiger partial charge in [0.15, 0.2) is 0 Å². The molecular weight excluding hydrogens is 238 g/mol. The molecule has 1 N–H and O–H groups in total. The van der Waals surface area contributed by atoms with Crippen LogP contribution in [0.1, 0.15) is 38.8 Å². The van der Waals surface area contributed by atoms with E-state index in [1.165, 1.54) is 5.56 Å². The van der Waals surface area contributed by atoms with Crippen LogP contribution < -0.4 is 10.1 Å². The highest BCUT2D eigenvalue weighted by Crippen LogP contribution is 2.43. The summed E-state index contributed by atoms with van der Waals surface area (Å²) in [5.74, 6) is 1.63. The molecule has 3 heteroatoms. The summed E-state index contributed by atoms with van der Waals surface area (Å²) in [4.78, 5) is 0. The average Bonchev–Trinajstić information content (AvgIpc) is 2.96. The molecule has 1 saturated heterocycles. The number of benzene rings is 1. The van der Waals surface area contributed by atoms with Crippen LogP contribution in [0.4, 0.5) is 0 Å². The fourth-order valence-electron chi connectivity index (χ4n) is 3.17. The molecule has 104 valence electrons. The number of fused-ring (bicyclic) bond motifs is 1. The lowest BCUT2D eigenvalue weighted by molar-refractivity contribution is 0.0859. The minimum absolute atomic E-state index is 0.197. The van der Waals surface area contributed by atoms with E-state index in [0.29, 0.717) is 12.0 Å². The number of hydrogen-bond acceptors (Lipinski definition) is 3. The van der Waals surface area contributed by atoms with Crippen molar-refractivity contribution in [3.8, 4) is 5.75 Å². The van der Waals surface area contributed by atoms with Crippen LogP contribution in [-0.4, -0.2) is 24.9 Å². The molecular formula is C16H23NO2. The first-order valence-corrected chi connectivity index (χ1v) is 7.19. The average molecular weight is 261 g/mol. The molecule has 3 atom stereocenters. The molecule has 2 aliphatic heterocycles. The maximum atomic E-state index is 6.08. The number of ether oxygens (including phenoxy) is 2. The van der Waals surface area contributed by atoms with Gasteiger partial charge in [-0.05, 0) is 39.2 Å². The van der Waals surface area contributed by atoms with Gasteiger partial charge in [-0.25, -0.2) is 0 Å². The Morgan fingerprint density at radius 2 is 2.11 bits per heavy atom. The fourth-order valence-corrected chi connectivity index (χ4v) is 3.17.